The van der Waals surface area contributed by atoms with Gasteiger partial charge in [0.05, 0.1) is 19.6 Å². The maximum absolute atomic E-state index is 12.8. The summed E-state index contributed by atoms with van der Waals surface area (Å²) in [7, 11) is 0. The fraction of sp³-hybridized carbons (Fsp3) is 0.500. The van der Waals surface area contributed by atoms with Crippen LogP contribution in [0.3, 0.4) is 0 Å². The zero-order chi connectivity index (χ0) is 21.1. The van der Waals surface area contributed by atoms with Gasteiger partial charge in [-0.05, 0) is 43.5 Å². The molecule has 0 aliphatic heterocycles. The largest absolute Gasteiger partial charge is 0.466 e. The molecule has 1 heterocycles. The van der Waals surface area contributed by atoms with Gasteiger partial charge in [-0.15, -0.1) is 0 Å². The molecule has 0 unspecified atom stereocenters. The van der Waals surface area contributed by atoms with Crippen LogP contribution in [0.1, 0.15) is 62.8 Å². The number of unbranched alkanes of at least 4 members (excludes halogenated alkanes) is 2. The third kappa shape index (κ3) is 7.41. The van der Waals surface area contributed by atoms with Crippen molar-refractivity contribution >= 4 is 11.9 Å². The summed E-state index contributed by atoms with van der Waals surface area (Å²) >= 11 is 0. The Morgan fingerprint density at radius 2 is 1.83 bits per heavy atom. The summed E-state index contributed by atoms with van der Waals surface area (Å²) < 4.78 is 7.16. The van der Waals surface area contributed by atoms with Crippen molar-refractivity contribution in [3.8, 4) is 0 Å². The van der Waals surface area contributed by atoms with E-state index in [4.69, 9.17) is 4.74 Å². The molecule has 0 spiro atoms. The molecular weight excluding hydrogens is 364 g/mol. The number of benzene rings is 1. The summed E-state index contributed by atoms with van der Waals surface area (Å²) in [5.41, 5.74) is 3.64. The van der Waals surface area contributed by atoms with E-state index in [9.17, 15) is 9.59 Å². The van der Waals surface area contributed by atoms with E-state index in [2.05, 4.69) is 48.9 Å². The lowest BCUT2D eigenvalue weighted by molar-refractivity contribution is -0.145. The lowest BCUT2D eigenvalue weighted by Gasteiger charge is -2.24. The third-order valence-corrected chi connectivity index (χ3v) is 5.11. The second-order valence-electron chi connectivity index (χ2n) is 7.38. The number of rotatable bonds is 12. The predicted octanol–water partition coefficient (Wildman–Crippen LogP) is 4.71. The molecule has 29 heavy (non-hydrogen) atoms. The number of carbonyl (C=O) groups excluding carboxylic acids is 2. The van der Waals surface area contributed by atoms with Crippen molar-refractivity contribution in [2.75, 3.05) is 13.2 Å². The van der Waals surface area contributed by atoms with Gasteiger partial charge in [0.15, 0.2) is 0 Å². The highest BCUT2D eigenvalue weighted by Crippen LogP contribution is 2.15. The Hall–Kier alpha value is -2.56. The monoisotopic (exact) mass is 398 g/mol. The van der Waals surface area contributed by atoms with E-state index in [0.29, 0.717) is 19.7 Å². The van der Waals surface area contributed by atoms with E-state index < -0.39 is 0 Å². The van der Waals surface area contributed by atoms with Gasteiger partial charge in [-0.2, -0.15) is 0 Å². The molecule has 0 atom stereocenters. The first-order valence-corrected chi connectivity index (χ1v) is 10.7. The molecule has 0 saturated heterocycles. The number of aromatic nitrogens is 1. The Morgan fingerprint density at radius 3 is 2.55 bits per heavy atom. The molecule has 5 nitrogen and oxygen atoms in total. The van der Waals surface area contributed by atoms with Crippen LogP contribution in [0, 0.1) is 6.92 Å². The standard InChI is InChI=1S/C24H34N2O3/c1-4-6-9-16-26(23(27)14-15-24(28)29-5-2)19-22-13-10-17-25(22)18-21-12-8-7-11-20(21)3/h7-8,10-13,17H,4-6,9,14-16,18-19H2,1-3H3. The first-order valence-electron chi connectivity index (χ1n) is 10.7. The van der Waals surface area contributed by atoms with Gasteiger partial charge in [-0.25, -0.2) is 0 Å². The van der Waals surface area contributed by atoms with Crippen LogP contribution in [0.2, 0.25) is 0 Å². The molecule has 2 aromatic rings. The van der Waals surface area contributed by atoms with E-state index >= 15 is 0 Å². The van der Waals surface area contributed by atoms with Crippen molar-refractivity contribution < 1.29 is 14.3 Å². The van der Waals surface area contributed by atoms with Crippen molar-refractivity contribution in [1.82, 2.24) is 9.47 Å². The molecule has 0 radical (unpaired) electrons. The number of carbonyl (C=O) groups is 2. The number of aryl methyl sites for hydroxylation is 1. The van der Waals surface area contributed by atoms with E-state index in [1.54, 1.807) is 6.92 Å². The number of esters is 1. The molecule has 0 bridgehead atoms. The lowest BCUT2D eigenvalue weighted by Crippen LogP contribution is -2.32. The summed E-state index contributed by atoms with van der Waals surface area (Å²) in [4.78, 5) is 26.3. The number of ether oxygens (including phenoxy) is 1. The summed E-state index contributed by atoms with van der Waals surface area (Å²) in [5, 5.41) is 0. The van der Waals surface area contributed by atoms with Crippen molar-refractivity contribution in [1.29, 1.82) is 0 Å². The fourth-order valence-corrected chi connectivity index (χ4v) is 3.36. The van der Waals surface area contributed by atoms with Crippen molar-refractivity contribution in [2.24, 2.45) is 0 Å². The Bertz CT molecular complexity index is 782. The van der Waals surface area contributed by atoms with Gasteiger partial charge in [0.25, 0.3) is 0 Å². The van der Waals surface area contributed by atoms with Crippen LogP contribution in [0.15, 0.2) is 42.6 Å². The Labute approximate surface area is 174 Å². The third-order valence-electron chi connectivity index (χ3n) is 5.11. The minimum Gasteiger partial charge on any atom is -0.466 e. The summed E-state index contributed by atoms with van der Waals surface area (Å²) in [6.07, 6.45) is 5.57. The minimum atomic E-state index is -0.308. The van der Waals surface area contributed by atoms with Crippen LogP contribution >= 0.6 is 0 Å². The van der Waals surface area contributed by atoms with Gasteiger partial charge in [0.1, 0.15) is 0 Å². The van der Waals surface area contributed by atoms with Gasteiger partial charge in [0, 0.05) is 31.4 Å². The number of amides is 1. The van der Waals surface area contributed by atoms with Crippen LogP contribution in [-0.2, 0) is 27.4 Å². The maximum atomic E-state index is 12.8. The number of hydrogen-bond acceptors (Lipinski definition) is 3. The van der Waals surface area contributed by atoms with Gasteiger partial charge in [0.2, 0.25) is 5.91 Å². The quantitative estimate of drug-likeness (QED) is 0.384. The molecule has 1 aromatic heterocycles. The van der Waals surface area contributed by atoms with Crippen LogP contribution in [-0.4, -0.2) is 34.5 Å². The minimum absolute atomic E-state index is 0.0118. The Kier molecular flexibility index (Phi) is 9.48. The van der Waals surface area contributed by atoms with Crippen LogP contribution in [0.25, 0.3) is 0 Å². The molecular formula is C24H34N2O3. The summed E-state index contributed by atoms with van der Waals surface area (Å²) in [5.74, 6) is -0.296. The molecule has 0 fully saturated rings. The Balaban J connectivity index is 2.06. The molecule has 5 heteroatoms. The maximum Gasteiger partial charge on any atom is 0.306 e. The van der Waals surface area contributed by atoms with E-state index in [1.165, 1.54) is 11.1 Å². The highest BCUT2D eigenvalue weighted by Gasteiger charge is 2.17. The second kappa shape index (κ2) is 12.1. The average molecular weight is 399 g/mol. The smallest absolute Gasteiger partial charge is 0.306 e. The van der Waals surface area contributed by atoms with Crippen LogP contribution in [0.5, 0.6) is 0 Å². The first kappa shape index (κ1) is 22.7. The molecule has 2 rings (SSSR count). The summed E-state index contributed by atoms with van der Waals surface area (Å²) in [6, 6.07) is 12.5. The van der Waals surface area contributed by atoms with Gasteiger partial charge in [-0.3, -0.25) is 9.59 Å². The highest BCUT2D eigenvalue weighted by molar-refractivity contribution is 5.81. The average Bonchev–Trinajstić information content (AvgIpc) is 3.14. The van der Waals surface area contributed by atoms with Gasteiger partial charge >= 0.3 is 5.97 Å². The molecule has 1 amide bonds. The fourth-order valence-electron chi connectivity index (χ4n) is 3.36. The van der Waals surface area contributed by atoms with E-state index in [1.807, 2.05) is 17.0 Å². The number of hydrogen-bond donors (Lipinski definition) is 0. The first-order chi connectivity index (χ1) is 14.0. The molecule has 0 aliphatic rings. The molecule has 0 aliphatic carbocycles. The van der Waals surface area contributed by atoms with Crippen molar-refractivity contribution in [3.63, 3.8) is 0 Å². The molecule has 1 aromatic carbocycles. The Morgan fingerprint density at radius 1 is 1.03 bits per heavy atom. The highest BCUT2D eigenvalue weighted by atomic mass is 16.5. The topological polar surface area (TPSA) is 51.5 Å². The second-order valence-corrected chi connectivity index (χ2v) is 7.38. The number of nitrogens with zero attached hydrogens (tertiary/aromatic N) is 2. The van der Waals surface area contributed by atoms with Gasteiger partial charge < -0.3 is 14.2 Å². The van der Waals surface area contributed by atoms with E-state index in [0.717, 1.165) is 31.5 Å². The summed E-state index contributed by atoms with van der Waals surface area (Å²) in [6.45, 7) is 8.46. The molecule has 0 N–H and O–H groups in total. The van der Waals surface area contributed by atoms with Gasteiger partial charge in [-0.1, -0.05) is 44.0 Å². The molecule has 158 valence electrons. The normalized spacial score (nSPS) is 10.7. The SMILES string of the molecule is CCCCCN(Cc1cccn1Cc1ccccc1C)C(=O)CCC(=O)OCC. The zero-order valence-corrected chi connectivity index (χ0v) is 18.0. The van der Waals surface area contributed by atoms with Crippen LogP contribution < -0.4 is 0 Å². The van der Waals surface area contributed by atoms with E-state index in [-0.39, 0.29) is 24.7 Å². The van der Waals surface area contributed by atoms with Crippen LogP contribution in [0.4, 0.5) is 0 Å². The van der Waals surface area contributed by atoms with Crippen molar-refractivity contribution in [2.45, 2.75) is 66.0 Å². The predicted molar refractivity (Wildman–Crippen MR) is 116 cm³/mol. The lowest BCUT2D eigenvalue weighted by atomic mass is 10.1. The molecule has 0 saturated carbocycles. The van der Waals surface area contributed by atoms with Crippen molar-refractivity contribution in [3.05, 3.63) is 59.4 Å². The zero-order valence-electron chi connectivity index (χ0n) is 18.0.